The SMILES string of the molecule is Cc1cn(Cc2ccc(C3=[N+]([O-])C(C)(C)C(C)(C)N3[O])cc2)c(=O)[nH]c1=O. The maximum absolute atomic E-state index is 12.7. The Morgan fingerprint density at radius 3 is 2.22 bits per heavy atom. The van der Waals surface area contributed by atoms with E-state index in [1.807, 2.05) is 0 Å². The van der Waals surface area contributed by atoms with Crippen molar-refractivity contribution in [1.82, 2.24) is 14.6 Å². The first kappa shape index (κ1) is 18.9. The minimum absolute atomic E-state index is 0.0774. The highest BCUT2D eigenvalue weighted by molar-refractivity contribution is 5.96. The molecule has 0 saturated carbocycles. The summed E-state index contributed by atoms with van der Waals surface area (Å²) in [6.45, 7) is 8.89. The summed E-state index contributed by atoms with van der Waals surface area (Å²) in [5.41, 5.74) is -0.860. The smallest absolute Gasteiger partial charge is 0.328 e. The molecule has 27 heavy (non-hydrogen) atoms. The van der Waals surface area contributed by atoms with Gasteiger partial charge in [0, 0.05) is 17.0 Å². The molecule has 0 amide bonds. The van der Waals surface area contributed by atoms with Crippen LogP contribution in [-0.2, 0) is 11.8 Å². The first-order chi connectivity index (χ1) is 12.5. The summed E-state index contributed by atoms with van der Waals surface area (Å²) in [6, 6.07) is 6.91. The van der Waals surface area contributed by atoms with E-state index in [4.69, 9.17) is 0 Å². The molecule has 0 saturated heterocycles. The van der Waals surface area contributed by atoms with E-state index in [0.717, 1.165) is 15.4 Å². The molecular weight excluding hydrogens is 348 g/mol. The second kappa shape index (κ2) is 6.09. The van der Waals surface area contributed by atoms with Crippen molar-refractivity contribution in [3.63, 3.8) is 0 Å². The molecule has 8 nitrogen and oxygen atoms in total. The van der Waals surface area contributed by atoms with Gasteiger partial charge < -0.3 is 5.21 Å². The molecule has 1 aliphatic rings. The molecule has 0 fully saturated rings. The number of H-pyrrole nitrogens is 1. The van der Waals surface area contributed by atoms with Gasteiger partial charge in [-0.1, -0.05) is 17.2 Å². The maximum Gasteiger partial charge on any atom is 0.328 e. The van der Waals surface area contributed by atoms with E-state index >= 15 is 0 Å². The van der Waals surface area contributed by atoms with Crippen molar-refractivity contribution in [2.45, 2.75) is 52.2 Å². The number of hydrogen-bond donors (Lipinski definition) is 1. The van der Waals surface area contributed by atoms with Gasteiger partial charge in [-0.3, -0.25) is 19.1 Å². The van der Waals surface area contributed by atoms with Gasteiger partial charge >= 0.3 is 11.5 Å². The van der Waals surface area contributed by atoms with Gasteiger partial charge in [0.25, 0.3) is 5.56 Å². The Balaban J connectivity index is 1.93. The summed E-state index contributed by atoms with van der Waals surface area (Å²) in [5, 5.41) is 26.2. The molecule has 2 heterocycles. The third kappa shape index (κ3) is 2.86. The molecule has 0 atom stereocenters. The lowest BCUT2D eigenvalue weighted by molar-refractivity contribution is -0.539. The van der Waals surface area contributed by atoms with Crippen LogP contribution < -0.4 is 11.2 Å². The van der Waals surface area contributed by atoms with Crippen LogP contribution in [0.25, 0.3) is 0 Å². The molecule has 1 radical (unpaired) electrons. The lowest BCUT2D eigenvalue weighted by Crippen LogP contribution is -2.53. The van der Waals surface area contributed by atoms with Gasteiger partial charge in [-0.15, -0.1) is 0 Å². The quantitative estimate of drug-likeness (QED) is 0.650. The Hall–Kier alpha value is -2.87. The summed E-state index contributed by atoms with van der Waals surface area (Å²) in [7, 11) is 0. The van der Waals surface area contributed by atoms with Crippen molar-refractivity contribution in [3.8, 4) is 0 Å². The van der Waals surface area contributed by atoms with E-state index in [2.05, 4.69) is 4.98 Å². The Morgan fingerprint density at radius 1 is 1.11 bits per heavy atom. The Kier molecular flexibility index (Phi) is 4.26. The fraction of sp³-hybridized carbons (Fsp3) is 0.421. The number of benzene rings is 1. The summed E-state index contributed by atoms with van der Waals surface area (Å²) in [4.78, 5) is 25.6. The third-order valence-corrected chi connectivity index (χ3v) is 5.65. The molecule has 0 bridgehead atoms. The van der Waals surface area contributed by atoms with Crippen molar-refractivity contribution < 1.29 is 9.95 Å². The highest BCUT2D eigenvalue weighted by atomic mass is 16.5. The summed E-state index contributed by atoms with van der Waals surface area (Å²) < 4.78 is 2.17. The van der Waals surface area contributed by atoms with Gasteiger partial charge in [-0.25, -0.2) is 4.79 Å². The van der Waals surface area contributed by atoms with Crippen LogP contribution in [0.15, 0.2) is 40.1 Å². The van der Waals surface area contributed by atoms with Crippen molar-refractivity contribution >= 4 is 5.84 Å². The van der Waals surface area contributed by atoms with E-state index in [-0.39, 0.29) is 12.4 Å². The van der Waals surface area contributed by atoms with Gasteiger partial charge in [-0.2, -0.15) is 0 Å². The molecule has 1 aromatic heterocycles. The second-order valence-electron chi connectivity index (χ2n) is 7.93. The molecule has 1 N–H and O–H groups in total. The third-order valence-electron chi connectivity index (χ3n) is 5.65. The van der Waals surface area contributed by atoms with E-state index < -0.39 is 22.3 Å². The highest BCUT2D eigenvalue weighted by Crippen LogP contribution is 2.37. The van der Waals surface area contributed by atoms with Crippen molar-refractivity contribution in [1.29, 1.82) is 0 Å². The van der Waals surface area contributed by atoms with Crippen LogP contribution in [0.2, 0.25) is 0 Å². The average molecular weight is 371 g/mol. The fourth-order valence-corrected chi connectivity index (χ4v) is 3.04. The van der Waals surface area contributed by atoms with E-state index in [1.165, 1.54) is 10.8 Å². The summed E-state index contributed by atoms with van der Waals surface area (Å²) >= 11 is 0. The van der Waals surface area contributed by atoms with Gasteiger partial charge in [0.2, 0.25) is 0 Å². The number of rotatable bonds is 3. The zero-order chi connectivity index (χ0) is 20.1. The maximum atomic E-state index is 12.7. The van der Waals surface area contributed by atoms with Gasteiger partial charge in [0.15, 0.2) is 5.54 Å². The zero-order valence-electron chi connectivity index (χ0n) is 16.1. The number of hydrogen-bond acceptors (Lipinski definition) is 4. The van der Waals surface area contributed by atoms with Gasteiger partial charge in [-0.05, 0) is 52.3 Å². The molecule has 1 aromatic carbocycles. The molecule has 1 aliphatic heterocycles. The monoisotopic (exact) mass is 371 g/mol. The van der Waals surface area contributed by atoms with Crippen LogP contribution in [0.3, 0.4) is 0 Å². The number of aryl methyl sites for hydroxylation is 1. The highest BCUT2D eigenvalue weighted by Gasteiger charge is 2.59. The average Bonchev–Trinajstić information content (AvgIpc) is 2.71. The first-order valence-electron chi connectivity index (χ1n) is 8.68. The lowest BCUT2D eigenvalue weighted by Gasteiger charge is -2.32. The molecule has 8 heteroatoms. The molecule has 3 rings (SSSR count). The Morgan fingerprint density at radius 2 is 1.70 bits per heavy atom. The summed E-state index contributed by atoms with van der Waals surface area (Å²) in [6.07, 6.45) is 1.50. The summed E-state index contributed by atoms with van der Waals surface area (Å²) in [5.74, 6) is 0.0774. The molecule has 0 spiro atoms. The first-order valence-corrected chi connectivity index (χ1v) is 8.68. The van der Waals surface area contributed by atoms with E-state index in [1.54, 1.807) is 58.9 Å². The van der Waals surface area contributed by atoms with Crippen molar-refractivity contribution in [2.24, 2.45) is 0 Å². The van der Waals surface area contributed by atoms with E-state index in [9.17, 15) is 20.0 Å². The standard InChI is InChI=1S/C19H23N4O4/c1-12-10-21(17(25)20-15(12)24)11-13-6-8-14(9-7-13)16-22(26)18(2,3)19(4,5)23(16)27/h6-10H,11H2,1-5H3,(H,20,24,25). The Labute approximate surface area is 156 Å². The normalized spacial score (nSPS) is 18.2. The number of nitrogens with one attached hydrogen (secondary N) is 1. The number of amidine groups is 1. The predicted molar refractivity (Wildman–Crippen MR) is 100 cm³/mol. The van der Waals surface area contributed by atoms with Crippen LogP contribution >= 0.6 is 0 Å². The molecule has 2 aromatic rings. The van der Waals surface area contributed by atoms with Crippen LogP contribution in [0.4, 0.5) is 0 Å². The lowest BCUT2D eigenvalue weighted by atomic mass is 9.84. The van der Waals surface area contributed by atoms with Crippen molar-refractivity contribution in [2.75, 3.05) is 0 Å². The zero-order valence-corrected chi connectivity index (χ0v) is 16.1. The number of aromatic nitrogens is 2. The Bertz CT molecular complexity index is 1030. The van der Waals surface area contributed by atoms with E-state index in [0.29, 0.717) is 11.1 Å². The van der Waals surface area contributed by atoms with Crippen LogP contribution in [0.1, 0.15) is 44.4 Å². The topological polar surface area (TPSA) is 104 Å². The van der Waals surface area contributed by atoms with Crippen molar-refractivity contribution in [3.05, 3.63) is 73.2 Å². The second-order valence-corrected chi connectivity index (χ2v) is 7.93. The minimum atomic E-state index is -0.872. The molecule has 143 valence electrons. The predicted octanol–water partition coefficient (Wildman–Crippen LogP) is 1.37. The van der Waals surface area contributed by atoms with Crippen LogP contribution in [0, 0.1) is 12.1 Å². The largest absolute Gasteiger partial charge is 0.714 e. The van der Waals surface area contributed by atoms with Gasteiger partial charge in [0.05, 0.1) is 12.1 Å². The van der Waals surface area contributed by atoms with Crippen LogP contribution in [0.5, 0.6) is 0 Å². The van der Waals surface area contributed by atoms with Gasteiger partial charge in [0.1, 0.15) is 5.54 Å². The number of nitrogens with zero attached hydrogens (tertiary/aromatic N) is 3. The minimum Gasteiger partial charge on any atom is -0.714 e. The molecular formula is C19H23N4O4. The molecule has 0 aliphatic carbocycles. The van der Waals surface area contributed by atoms with Crippen LogP contribution in [-0.4, -0.2) is 36.3 Å². The number of hydroxylamine groups is 3. The molecule has 0 unspecified atom stereocenters. The fourth-order valence-electron chi connectivity index (χ4n) is 3.04. The number of aromatic amines is 1.